The molecule has 20 heavy (non-hydrogen) atoms. The van der Waals surface area contributed by atoms with Gasteiger partial charge < -0.3 is 9.64 Å². The van der Waals surface area contributed by atoms with Gasteiger partial charge in [-0.3, -0.25) is 4.79 Å². The molecule has 2 heterocycles. The number of nitrogens with zero attached hydrogens (tertiary/aromatic N) is 2. The molecule has 0 unspecified atom stereocenters. The minimum Gasteiger partial charge on any atom is -0.475 e. The summed E-state index contributed by atoms with van der Waals surface area (Å²) in [5.41, 5.74) is 0. The van der Waals surface area contributed by atoms with Gasteiger partial charge in [-0.15, -0.1) is 0 Å². The van der Waals surface area contributed by atoms with Crippen molar-refractivity contribution in [2.24, 2.45) is 0 Å². The molecule has 0 radical (unpaired) electrons. The summed E-state index contributed by atoms with van der Waals surface area (Å²) >= 11 is 5.79. The lowest BCUT2D eigenvalue weighted by molar-refractivity contribution is -0.146. The molecule has 0 aromatic carbocycles. The van der Waals surface area contributed by atoms with Crippen LogP contribution in [-0.4, -0.2) is 35.0 Å². The largest absolute Gasteiger partial charge is 0.475 e. The normalized spacial score (nSPS) is 18.4. The molecule has 1 amide bonds. The lowest BCUT2D eigenvalue weighted by atomic mass is 10.0. The molecule has 0 N–H and O–H groups in total. The number of allylic oxidation sites excluding steroid dienone is 1. The van der Waals surface area contributed by atoms with E-state index in [1.165, 1.54) is 0 Å². The molecule has 2 rings (SSSR count). The summed E-state index contributed by atoms with van der Waals surface area (Å²) in [5.74, 6) is 0.678. The van der Waals surface area contributed by atoms with Crippen molar-refractivity contribution in [3.8, 4) is 5.88 Å². The number of carbonyl (C=O) groups excluding carboxylic acids is 1. The van der Waals surface area contributed by atoms with E-state index >= 15 is 0 Å². The Labute approximate surface area is 124 Å². The molecule has 1 aliphatic rings. The van der Waals surface area contributed by atoms with Crippen molar-refractivity contribution in [3.63, 3.8) is 0 Å². The molecule has 1 fully saturated rings. The zero-order chi connectivity index (χ0) is 14.4. The Balaban J connectivity index is 1.79. The lowest BCUT2D eigenvalue weighted by Gasteiger charge is -2.39. The predicted octanol–water partition coefficient (Wildman–Crippen LogP) is 3.07. The molecule has 0 spiro atoms. The van der Waals surface area contributed by atoms with Crippen molar-refractivity contribution in [2.45, 2.75) is 32.2 Å². The Morgan fingerprint density at radius 3 is 3.05 bits per heavy atom. The summed E-state index contributed by atoms with van der Waals surface area (Å²) in [6, 6.07) is 5.39. The van der Waals surface area contributed by atoms with Gasteiger partial charge in [0.05, 0.1) is 12.5 Å². The third kappa shape index (κ3) is 3.97. The van der Waals surface area contributed by atoms with E-state index in [-0.39, 0.29) is 11.9 Å². The van der Waals surface area contributed by atoms with Crippen molar-refractivity contribution < 1.29 is 9.53 Å². The standard InChI is InChI=1S/C15H19ClN2O2/c1-2-3-4-5-9-18-12(10-15(18)19)11-20-14-8-6-7-13(16)17-14/h4-8,12H,2-3,9-11H2,1H3/b5-4-/t12-/m1/s1. The molecule has 5 heteroatoms. The number of pyridine rings is 1. The smallest absolute Gasteiger partial charge is 0.225 e. The van der Waals surface area contributed by atoms with Crippen LogP contribution in [0, 0.1) is 0 Å². The Kier molecular flexibility index (Phi) is 5.41. The highest BCUT2D eigenvalue weighted by molar-refractivity contribution is 6.29. The Hall–Kier alpha value is -1.55. The second kappa shape index (κ2) is 7.29. The van der Waals surface area contributed by atoms with Crippen molar-refractivity contribution in [3.05, 3.63) is 35.5 Å². The van der Waals surface area contributed by atoms with Crippen molar-refractivity contribution in [1.29, 1.82) is 0 Å². The van der Waals surface area contributed by atoms with E-state index in [0.29, 0.717) is 30.6 Å². The van der Waals surface area contributed by atoms with Gasteiger partial charge in [-0.1, -0.05) is 43.2 Å². The van der Waals surface area contributed by atoms with Crippen LogP contribution < -0.4 is 4.74 Å². The van der Waals surface area contributed by atoms with Gasteiger partial charge in [0.15, 0.2) is 0 Å². The van der Waals surface area contributed by atoms with Crippen molar-refractivity contribution >= 4 is 17.5 Å². The quantitative estimate of drug-likeness (QED) is 0.441. The van der Waals surface area contributed by atoms with Crippen molar-refractivity contribution in [1.82, 2.24) is 9.88 Å². The van der Waals surface area contributed by atoms with Crippen LogP contribution in [0.3, 0.4) is 0 Å². The third-order valence-corrected chi connectivity index (χ3v) is 3.42. The Bertz CT molecular complexity index is 491. The maximum atomic E-state index is 11.6. The summed E-state index contributed by atoms with van der Waals surface area (Å²) in [6.07, 6.45) is 6.88. The van der Waals surface area contributed by atoms with E-state index < -0.39 is 0 Å². The van der Waals surface area contributed by atoms with Gasteiger partial charge in [-0.2, -0.15) is 0 Å². The monoisotopic (exact) mass is 294 g/mol. The fourth-order valence-electron chi connectivity index (χ4n) is 2.04. The highest BCUT2D eigenvalue weighted by atomic mass is 35.5. The molecule has 0 saturated carbocycles. The average Bonchev–Trinajstić information content (AvgIpc) is 2.43. The first kappa shape index (κ1) is 14.9. The first-order chi connectivity index (χ1) is 9.70. The number of unbranched alkanes of at least 4 members (excludes halogenated alkanes) is 1. The highest BCUT2D eigenvalue weighted by Crippen LogP contribution is 2.20. The Morgan fingerprint density at radius 2 is 2.35 bits per heavy atom. The van der Waals surface area contributed by atoms with E-state index in [4.69, 9.17) is 16.3 Å². The lowest BCUT2D eigenvalue weighted by Crippen LogP contribution is -2.55. The molecule has 1 atom stereocenters. The van der Waals surface area contributed by atoms with Crippen LogP contribution >= 0.6 is 11.6 Å². The fraction of sp³-hybridized carbons (Fsp3) is 0.467. The van der Waals surface area contributed by atoms with Gasteiger partial charge in [0.2, 0.25) is 11.8 Å². The van der Waals surface area contributed by atoms with E-state index in [1.807, 2.05) is 11.0 Å². The SMILES string of the molecule is CCC/C=C\CN1C(=O)C[C@@H]1COc1cccc(Cl)n1. The van der Waals surface area contributed by atoms with Crippen LogP contribution in [0.25, 0.3) is 0 Å². The van der Waals surface area contributed by atoms with Gasteiger partial charge in [0.1, 0.15) is 11.8 Å². The number of likely N-dealkylation sites (tertiary alicyclic amines) is 1. The summed E-state index contributed by atoms with van der Waals surface area (Å²) in [6.45, 7) is 3.25. The minimum atomic E-state index is 0.134. The number of hydrogen-bond donors (Lipinski definition) is 0. The third-order valence-electron chi connectivity index (χ3n) is 3.21. The zero-order valence-electron chi connectivity index (χ0n) is 11.6. The molecule has 0 bridgehead atoms. The average molecular weight is 295 g/mol. The maximum Gasteiger partial charge on any atom is 0.225 e. The Morgan fingerprint density at radius 1 is 1.50 bits per heavy atom. The number of β-lactam (4-membered cyclic amide) rings is 1. The van der Waals surface area contributed by atoms with E-state index in [9.17, 15) is 4.79 Å². The second-order valence-electron chi connectivity index (χ2n) is 4.77. The number of aromatic nitrogens is 1. The second-order valence-corrected chi connectivity index (χ2v) is 5.16. The number of ether oxygens (including phenoxy) is 1. The molecule has 1 saturated heterocycles. The van der Waals surface area contributed by atoms with Crippen molar-refractivity contribution in [2.75, 3.05) is 13.2 Å². The number of rotatable bonds is 7. The van der Waals surface area contributed by atoms with E-state index in [2.05, 4.69) is 18.0 Å². The molecule has 1 aromatic rings. The summed E-state index contributed by atoms with van der Waals surface area (Å²) in [7, 11) is 0. The van der Waals surface area contributed by atoms with E-state index in [1.54, 1.807) is 18.2 Å². The minimum absolute atomic E-state index is 0.134. The predicted molar refractivity (Wildman–Crippen MR) is 78.9 cm³/mol. The maximum absolute atomic E-state index is 11.6. The van der Waals surface area contributed by atoms with Gasteiger partial charge in [-0.25, -0.2) is 4.98 Å². The summed E-state index contributed by atoms with van der Waals surface area (Å²) in [4.78, 5) is 17.5. The summed E-state index contributed by atoms with van der Waals surface area (Å²) < 4.78 is 5.58. The fourth-order valence-corrected chi connectivity index (χ4v) is 2.20. The van der Waals surface area contributed by atoms with Crippen LogP contribution in [0.4, 0.5) is 0 Å². The molecule has 108 valence electrons. The molecule has 0 aliphatic carbocycles. The number of halogens is 1. The molecule has 1 aliphatic heterocycles. The van der Waals surface area contributed by atoms with E-state index in [0.717, 1.165) is 12.8 Å². The first-order valence-electron chi connectivity index (χ1n) is 6.90. The van der Waals surface area contributed by atoms with Crippen LogP contribution in [-0.2, 0) is 4.79 Å². The summed E-state index contributed by atoms with van der Waals surface area (Å²) in [5, 5.41) is 0.409. The zero-order valence-corrected chi connectivity index (χ0v) is 12.3. The first-order valence-corrected chi connectivity index (χ1v) is 7.28. The highest BCUT2D eigenvalue weighted by Gasteiger charge is 2.35. The number of amides is 1. The van der Waals surface area contributed by atoms with Crippen LogP contribution in [0.1, 0.15) is 26.2 Å². The topological polar surface area (TPSA) is 42.4 Å². The van der Waals surface area contributed by atoms with Crippen LogP contribution in [0.2, 0.25) is 5.15 Å². The van der Waals surface area contributed by atoms with Gasteiger partial charge >= 0.3 is 0 Å². The van der Waals surface area contributed by atoms with Gasteiger partial charge in [-0.05, 0) is 12.5 Å². The number of carbonyl (C=O) groups is 1. The van der Waals surface area contributed by atoms with Gasteiger partial charge in [0.25, 0.3) is 0 Å². The van der Waals surface area contributed by atoms with Gasteiger partial charge in [0, 0.05) is 12.6 Å². The number of hydrogen-bond acceptors (Lipinski definition) is 3. The molecule has 1 aromatic heterocycles. The van der Waals surface area contributed by atoms with Crippen LogP contribution in [0.5, 0.6) is 5.88 Å². The van der Waals surface area contributed by atoms with Crippen LogP contribution in [0.15, 0.2) is 30.4 Å². The molecular weight excluding hydrogens is 276 g/mol. The molecular formula is C15H19ClN2O2. The molecule has 4 nitrogen and oxygen atoms in total.